The van der Waals surface area contributed by atoms with Gasteiger partial charge >= 0.3 is 5.97 Å². The second kappa shape index (κ2) is 6.55. The van der Waals surface area contributed by atoms with Crippen LogP contribution in [0.2, 0.25) is 0 Å². The quantitative estimate of drug-likeness (QED) is 0.566. The zero-order valence-electron chi connectivity index (χ0n) is 12.3. The highest BCUT2D eigenvalue weighted by atomic mass is 16.5. The molecule has 19 heavy (non-hydrogen) atoms. The van der Waals surface area contributed by atoms with Crippen LogP contribution in [0.15, 0.2) is 43.0 Å². The van der Waals surface area contributed by atoms with E-state index in [1.807, 2.05) is 6.07 Å². The smallest absolute Gasteiger partial charge is 0.330 e. The first kappa shape index (κ1) is 15.5. The lowest BCUT2D eigenvalue weighted by atomic mass is 9.72. The van der Waals surface area contributed by atoms with Gasteiger partial charge in [0.25, 0.3) is 0 Å². The summed E-state index contributed by atoms with van der Waals surface area (Å²) in [7, 11) is 0. The molecule has 0 fully saturated rings. The van der Waals surface area contributed by atoms with E-state index in [1.165, 1.54) is 11.6 Å². The summed E-state index contributed by atoms with van der Waals surface area (Å²) in [4.78, 5) is 11.2. The number of hydrogen-bond acceptors (Lipinski definition) is 2. The molecule has 0 saturated carbocycles. The minimum absolute atomic E-state index is 0.0755. The van der Waals surface area contributed by atoms with Crippen molar-refractivity contribution in [3.05, 3.63) is 48.6 Å². The van der Waals surface area contributed by atoms with Gasteiger partial charge in [-0.25, -0.2) is 4.79 Å². The van der Waals surface area contributed by atoms with E-state index >= 15 is 0 Å². The summed E-state index contributed by atoms with van der Waals surface area (Å²) in [6.07, 6.45) is 1.21. The van der Waals surface area contributed by atoms with Gasteiger partial charge in [0.1, 0.15) is 0 Å². The van der Waals surface area contributed by atoms with Gasteiger partial charge in [-0.15, -0.1) is 0 Å². The molecule has 2 heteroatoms. The summed E-state index contributed by atoms with van der Waals surface area (Å²) in [6.45, 7) is 12.5. The van der Waals surface area contributed by atoms with Crippen molar-refractivity contribution < 1.29 is 9.53 Å². The van der Waals surface area contributed by atoms with Gasteiger partial charge in [-0.1, -0.05) is 64.6 Å². The van der Waals surface area contributed by atoms with Crippen LogP contribution in [0.5, 0.6) is 0 Å². The molecule has 0 heterocycles. The number of carbonyl (C=O) groups is 1. The summed E-state index contributed by atoms with van der Waals surface area (Å²) in [6, 6.07) is 10.4. The lowest BCUT2D eigenvalue weighted by Gasteiger charge is -2.35. The Hall–Kier alpha value is -1.57. The molecule has 1 rings (SSSR count). The van der Waals surface area contributed by atoms with Crippen molar-refractivity contribution in [3.63, 3.8) is 0 Å². The normalized spacial score (nSPS) is 14.5. The summed E-state index contributed by atoms with van der Waals surface area (Å²) < 4.78 is 5.21. The highest BCUT2D eigenvalue weighted by Crippen LogP contribution is 2.37. The Morgan fingerprint density at radius 1 is 1.32 bits per heavy atom. The number of ether oxygens (including phenoxy) is 1. The highest BCUT2D eigenvalue weighted by Gasteiger charge is 2.31. The average Bonchev–Trinajstić information content (AvgIpc) is 2.44. The first-order valence-corrected chi connectivity index (χ1v) is 6.72. The molecule has 0 aliphatic rings. The van der Waals surface area contributed by atoms with Crippen molar-refractivity contribution in [2.45, 2.75) is 33.6 Å². The molecule has 0 aromatic heterocycles. The fourth-order valence-corrected chi connectivity index (χ4v) is 2.17. The van der Waals surface area contributed by atoms with Crippen molar-refractivity contribution in [2.24, 2.45) is 11.3 Å². The van der Waals surface area contributed by atoms with Crippen LogP contribution in [0.4, 0.5) is 0 Å². The van der Waals surface area contributed by atoms with E-state index in [-0.39, 0.29) is 11.4 Å². The van der Waals surface area contributed by atoms with E-state index in [0.717, 1.165) is 0 Å². The Morgan fingerprint density at radius 2 is 1.89 bits per heavy atom. The SMILES string of the molecule is C=CC(=O)OCC(C)(C)[C@@H](C)[C@H](C)c1ccccc1. The van der Waals surface area contributed by atoms with Crippen molar-refractivity contribution >= 4 is 5.97 Å². The van der Waals surface area contributed by atoms with Crippen LogP contribution in [0.25, 0.3) is 0 Å². The van der Waals surface area contributed by atoms with E-state index in [4.69, 9.17) is 4.74 Å². The van der Waals surface area contributed by atoms with E-state index in [1.54, 1.807) is 0 Å². The molecule has 0 aliphatic heterocycles. The van der Waals surface area contributed by atoms with Gasteiger partial charge in [-0.3, -0.25) is 0 Å². The third kappa shape index (κ3) is 4.23. The zero-order valence-corrected chi connectivity index (χ0v) is 12.3. The molecule has 0 aliphatic carbocycles. The third-order valence-corrected chi connectivity index (χ3v) is 4.06. The molecule has 0 radical (unpaired) electrons. The number of carbonyl (C=O) groups excluding carboxylic acids is 1. The van der Waals surface area contributed by atoms with Crippen LogP contribution in [0, 0.1) is 11.3 Å². The molecule has 0 bridgehead atoms. The fraction of sp³-hybridized carbons (Fsp3) is 0.471. The Morgan fingerprint density at radius 3 is 2.42 bits per heavy atom. The van der Waals surface area contributed by atoms with Crippen molar-refractivity contribution in [3.8, 4) is 0 Å². The molecule has 2 atom stereocenters. The van der Waals surface area contributed by atoms with E-state index in [0.29, 0.717) is 18.4 Å². The molecule has 0 unspecified atom stereocenters. The largest absolute Gasteiger partial charge is 0.462 e. The fourth-order valence-electron chi connectivity index (χ4n) is 2.17. The molecule has 1 aromatic rings. The summed E-state index contributed by atoms with van der Waals surface area (Å²) >= 11 is 0. The zero-order chi connectivity index (χ0) is 14.5. The standard InChI is InChI=1S/C17H24O2/c1-6-16(18)19-12-17(4,5)14(3)13(2)15-10-8-7-9-11-15/h6-11,13-14H,1,12H2,2-5H3/t13-,14-/m0/s1. The summed E-state index contributed by atoms with van der Waals surface area (Å²) in [5.74, 6) is 0.457. The second-order valence-electron chi connectivity index (χ2n) is 5.79. The van der Waals surface area contributed by atoms with Gasteiger partial charge in [0.15, 0.2) is 0 Å². The molecular formula is C17H24O2. The molecule has 0 amide bonds. The summed E-state index contributed by atoms with van der Waals surface area (Å²) in [5, 5.41) is 0. The van der Waals surface area contributed by atoms with Gasteiger partial charge in [0.2, 0.25) is 0 Å². The number of hydrogen-bond donors (Lipinski definition) is 0. The topological polar surface area (TPSA) is 26.3 Å². The van der Waals surface area contributed by atoms with E-state index in [2.05, 4.69) is 58.5 Å². The molecule has 0 N–H and O–H groups in total. The lowest BCUT2D eigenvalue weighted by Crippen LogP contribution is -2.31. The van der Waals surface area contributed by atoms with Crippen LogP contribution in [-0.2, 0) is 9.53 Å². The third-order valence-electron chi connectivity index (χ3n) is 4.06. The first-order chi connectivity index (χ1) is 8.88. The Labute approximate surface area is 116 Å². The Bertz CT molecular complexity index is 420. The predicted molar refractivity (Wildman–Crippen MR) is 79.0 cm³/mol. The minimum Gasteiger partial charge on any atom is -0.462 e. The lowest BCUT2D eigenvalue weighted by molar-refractivity contribution is -0.141. The van der Waals surface area contributed by atoms with Crippen LogP contribution < -0.4 is 0 Å². The molecule has 2 nitrogen and oxygen atoms in total. The minimum atomic E-state index is -0.354. The van der Waals surface area contributed by atoms with Gasteiger partial charge in [0, 0.05) is 11.5 Å². The number of rotatable bonds is 6. The van der Waals surface area contributed by atoms with Crippen LogP contribution in [-0.4, -0.2) is 12.6 Å². The van der Waals surface area contributed by atoms with Gasteiger partial charge in [-0.05, 0) is 17.4 Å². The molecule has 1 aromatic carbocycles. The van der Waals surface area contributed by atoms with Crippen LogP contribution in [0.3, 0.4) is 0 Å². The molecule has 104 valence electrons. The second-order valence-corrected chi connectivity index (χ2v) is 5.79. The van der Waals surface area contributed by atoms with Gasteiger partial charge < -0.3 is 4.74 Å². The van der Waals surface area contributed by atoms with Gasteiger partial charge in [-0.2, -0.15) is 0 Å². The van der Waals surface area contributed by atoms with Crippen LogP contribution in [0.1, 0.15) is 39.2 Å². The molecule has 0 saturated heterocycles. The Balaban J connectivity index is 2.71. The van der Waals surface area contributed by atoms with Gasteiger partial charge in [0.05, 0.1) is 6.61 Å². The summed E-state index contributed by atoms with van der Waals surface area (Å²) in [5.41, 5.74) is 1.24. The Kier molecular flexibility index (Phi) is 5.34. The van der Waals surface area contributed by atoms with Crippen molar-refractivity contribution in [2.75, 3.05) is 6.61 Å². The van der Waals surface area contributed by atoms with Crippen molar-refractivity contribution in [1.82, 2.24) is 0 Å². The maximum Gasteiger partial charge on any atom is 0.330 e. The van der Waals surface area contributed by atoms with Crippen molar-refractivity contribution in [1.29, 1.82) is 0 Å². The van der Waals surface area contributed by atoms with E-state index < -0.39 is 0 Å². The molecular weight excluding hydrogens is 236 g/mol. The maximum absolute atomic E-state index is 11.2. The average molecular weight is 260 g/mol. The number of esters is 1. The van der Waals surface area contributed by atoms with Crippen LogP contribution >= 0.6 is 0 Å². The van der Waals surface area contributed by atoms with E-state index in [9.17, 15) is 4.79 Å². The monoisotopic (exact) mass is 260 g/mol. The number of benzene rings is 1. The highest BCUT2D eigenvalue weighted by molar-refractivity contribution is 5.81. The maximum atomic E-state index is 11.2. The first-order valence-electron chi connectivity index (χ1n) is 6.72. The predicted octanol–water partition coefficient (Wildman–Crippen LogP) is 4.18. The molecule has 0 spiro atoms.